The van der Waals surface area contributed by atoms with Crippen LogP contribution in [0, 0.1) is 0 Å². The highest BCUT2D eigenvalue weighted by molar-refractivity contribution is 5.69. The Bertz CT molecular complexity index is 462. The van der Waals surface area contributed by atoms with Gasteiger partial charge >= 0.3 is 0 Å². The van der Waals surface area contributed by atoms with Gasteiger partial charge in [0.25, 0.3) is 0 Å². The van der Waals surface area contributed by atoms with E-state index >= 15 is 0 Å². The predicted molar refractivity (Wildman–Crippen MR) is 76.3 cm³/mol. The van der Waals surface area contributed by atoms with Crippen molar-refractivity contribution >= 4 is 5.57 Å². The van der Waals surface area contributed by atoms with Gasteiger partial charge < -0.3 is 5.73 Å². The van der Waals surface area contributed by atoms with Crippen molar-refractivity contribution in [2.75, 3.05) is 0 Å². The van der Waals surface area contributed by atoms with Gasteiger partial charge in [0, 0.05) is 5.70 Å². The Morgan fingerprint density at radius 2 is 1.76 bits per heavy atom. The van der Waals surface area contributed by atoms with Crippen LogP contribution in [0.4, 0.5) is 0 Å². The highest BCUT2D eigenvalue weighted by Gasteiger charge is 2.01. The average molecular weight is 225 g/mol. The second kappa shape index (κ2) is 6.54. The Kier molecular flexibility index (Phi) is 5.02. The van der Waals surface area contributed by atoms with Crippen LogP contribution >= 0.6 is 0 Å². The summed E-state index contributed by atoms with van der Waals surface area (Å²) in [7, 11) is 0. The standard InChI is InChI=1S/C16H19N/c1-4-5-7-10-13(2)16(17)14(3)15-11-8-6-9-12-15/h4-12H,1,17H2,2-3H3/b7-5-,13-10+,16-14-. The van der Waals surface area contributed by atoms with Crippen LogP contribution in [0.1, 0.15) is 19.4 Å². The van der Waals surface area contributed by atoms with Crippen molar-refractivity contribution in [2.45, 2.75) is 13.8 Å². The fraction of sp³-hybridized carbons (Fsp3) is 0.125. The molecule has 1 nitrogen and oxygen atoms in total. The SMILES string of the molecule is C=C\C=C/C=C(C)/C(N)=C(\C)c1ccccc1. The molecule has 0 aliphatic heterocycles. The van der Waals surface area contributed by atoms with Gasteiger partial charge in [-0.2, -0.15) is 0 Å². The van der Waals surface area contributed by atoms with Crippen molar-refractivity contribution in [3.63, 3.8) is 0 Å². The third kappa shape index (κ3) is 3.80. The number of rotatable bonds is 4. The van der Waals surface area contributed by atoms with E-state index in [9.17, 15) is 0 Å². The van der Waals surface area contributed by atoms with E-state index in [-0.39, 0.29) is 0 Å². The lowest BCUT2D eigenvalue weighted by Crippen LogP contribution is -2.02. The Hall–Kier alpha value is -2.02. The smallest absolute Gasteiger partial charge is 0.0379 e. The first kappa shape index (κ1) is 13.0. The molecular weight excluding hydrogens is 206 g/mol. The summed E-state index contributed by atoms with van der Waals surface area (Å²) in [4.78, 5) is 0. The van der Waals surface area contributed by atoms with E-state index < -0.39 is 0 Å². The lowest BCUT2D eigenvalue weighted by Gasteiger charge is -2.08. The van der Waals surface area contributed by atoms with Crippen LogP contribution in [0.15, 0.2) is 72.5 Å². The maximum atomic E-state index is 6.13. The summed E-state index contributed by atoms with van der Waals surface area (Å²) in [6.45, 7) is 7.68. The van der Waals surface area contributed by atoms with Crippen molar-refractivity contribution in [3.8, 4) is 0 Å². The Morgan fingerprint density at radius 1 is 1.12 bits per heavy atom. The molecule has 0 unspecified atom stereocenters. The normalized spacial score (nSPS) is 13.6. The molecule has 0 aliphatic rings. The Balaban J connectivity index is 3.01. The highest BCUT2D eigenvalue weighted by Crippen LogP contribution is 2.19. The summed E-state index contributed by atoms with van der Waals surface area (Å²) in [5, 5.41) is 0. The molecule has 17 heavy (non-hydrogen) atoms. The first-order valence-electron chi connectivity index (χ1n) is 5.65. The fourth-order valence-electron chi connectivity index (χ4n) is 1.51. The number of benzene rings is 1. The van der Waals surface area contributed by atoms with Gasteiger partial charge in [0.05, 0.1) is 0 Å². The zero-order valence-electron chi connectivity index (χ0n) is 10.5. The molecule has 88 valence electrons. The van der Waals surface area contributed by atoms with E-state index in [4.69, 9.17) is 5.73 Å². The zero-order chi connectivity index (χ0) is 12.7. The van der Waals surface area contributed by atoms with Gasteiger partial charge in [0.1, 0.15) is 0 Å². The summed E-state index contributed by atoms with van der Waals surface area (Å²) < 4.78 is 0. The van der Waals surface area contributed by atoms with E-state index in [0.717, 1.165) is 22.4 Å². The van der Waals surface area contributed by atoms with E-state index in [1.54, 1.807) is 6.08 Å². The molecule has 0 aliphatic carbocycles. The minimum Gasteiger partial charge on any atom is -0.398 e. The molecule has 0 heterocycles. The first-order valence-corrected chi connectivity index (χ1v) is 5.65. The molecule has 0 saturated heterocycles. The summed E-state index contributed by atoms with van der Waals surface area (Å²) in [5.74, 6) is 0. The molecule has 1 aromatic carbocycles. The van der Waals surface area contributed by atoms with Crippen LogP contribution in [0.5, 0.6) is 0 Å². The first-order chi connectivity index (χ1) is 8.16. The number of hydrogen-bond acceptors (Lipinski definition) is 1. The molecule has 0 bridgehead atoms. The second-order valence-electron chi connectivity index (χ2n) is 3.87. The molecule has 2 N–H and O–H groups in total. The van der Waals surface area contributed by atoms with Crippen LogP contribution in [0.2, 0.25) is 0 Å². The molecular formula is C16H19N. The Morgan fingerprint density at radius 3 is 2.35 bits per heavy atom. The molecule has 0 amide bonds. The van der Waals surface area contributed by atoms with Gasteiger partial charge in [-0.15, -0.1) is 0 Å². The summed E-state index contributed by atoms with van der Waals surface area (Å²) in [5.41, 5.74) is 10.3. The molecule has 0 fully saturated rings. The van der Waals surface area contributed by atoms with Crippen molar-refractivity contribution in [3.05, 3.63) is 78.0 Å². The van der Waals surface area contributed by atoms with E-state index in [1.807, 2.05) is 50.3 Å². The van der Waals surface area contributed by atoms with Gasteiger partial charge in [-0.3, -0.25) is 0 Å². The van der Waals surface area contributed by atoms with Crippen LogP contribution in [-0.2, 0) is 0 Å². The molecule has 0 spiro atoms. The fourth-order valence-corrected chi connectivity index (χ4v) is 1.51. The topological polar surface area (TPSA) is 26.0 Å². The monoisotopic (exact) mass is 225 g/mol. The quantitative estimate of drug-likeness (QED) is 0.768. The van der Waals surface area contributed by atoms with Crippen molar-refractivity contribution < 1.29 is 0 Å². The van der Waals surface area contributed by atoms with E-state index in [0.29, 0.717) is 0 Å². The predicted octanol–water partition coefficient (Wildman–Crippen LogP) is 4.06. The third-order valence-electron chi connectivity index (χ3n) is 2.63. The molecule has 1 rings (SSSR count). The highest BCUT2D eigenvalue weighted by atomic mass is 14.6. The van der Waals surface area contributed by atoms with Gasteiger partial charge in [-0.1, -0.05) is 61.2 Å². The maximum Gasteiger partial charge on any atom is 0.0379 e. The van der Waals surface area contributed by atoms with E-state index in [1.165, 1.54) is 0 Å². The molecule has 0 atom stereocenters. The molecule has 0 radical (unpaired) electrons. The van der Waals surface area contributed by atoms with Crippen LogP contribution < -0.4 is 5.73 Å². The zero-order valence-corrected chi connectivity index (χ0v) is 10.5. The van der Waals surface area contributed by atoms with Crippen LogP contribution in [0.3, 0.4) is 0 Å². The number of nitrogens with two attached hydrogens (primary N) is 1. The summed E-state index contributed by atoms with van der Waals surface area (Å²) >= 11 is 0. The molecule has 1 aromatic rings. The van der Waals surface area contributed by atoms with E-state index in [2.05, 4.69) is 18.7 Å². The third-order valence-corrected chi connectivity index (χ3v) is 2.63. The van der Waals surface area contributed by atoms with Crippen LogP contribution in [-0.4, -0.2) is 0 Å². The average Bonchev–Trinajstić information content (AvgIpc) is 2.38. The van der Waals surface area contributed by atoms with Crippen molar-refractivity contribution in [1.29, 1.82) is 0 Å². The Labute approximate surface area is 104 Å². The van der Waals surface area contributed by atoms with Gasteiger partial charge in [-0.05, 0) is 30.6 Å². The maximum absolute atomic E-state index is 6.13. The lowest BCUT2D eigenvalue weighted by atomic mass is 10.0. The number of allylic oxidation sites excluding steroid dienone is 6. The minimum absolute atomic E-state index is 0.824. The lowest BCUT2D eigenvalue weighted by molar-refractivity contribution is 1.28. The van der Waals surface area contributed by atoms with Gasteiger partial charge in [0.2, 0.25) is 0 Å². The molecule has 0 aromatic heterocycles. The molecule has 0 saturated carbocycles. The van der Waals surface area contributed by atoms with Crippen molar-refractivity contribution in [1.82, 2.24) is 0 Å². The van der Waals surface area contributed by atoms with Crippen molar-refractivity contribution in [2.24, 2.45) is 5.73 Å². The summed E-state index contributed by atoms with van der Waals surface area (Å²) in [6.07, 6.45) is 7.55. The minimum atomic E-state index is 0.824. The van der Waals surface area contributed by atoms with Gasteiger partial charge in [0.15, 0.2) is 0 Å². The summed E-state index contributed by atoms with van der Waals surface area (Å²) in [6, 6.07) is 10.2. The largest absolute Gasteiger partial charge is 0.398 e. The number of hydrogen-bond donors (Lipinski definition) is 1. The van der Waals surface area contributed by atoms with Gasteiger partial charge in [-0.25, -0.2) is 0 Å². The molecule has 1 heteroatoms. The van der Waals surface area contributed by atoms with Crippen LogP contribution in [0.25, 0.3) is 5.57 Å². The second-order valence-corrected chi connectivity index (χ2v) is 3.87.